The van der Waals surface area contributed by atoms with Crippen LogP contribution in [0.15, 0.2) is 24.3 Å². The second-order valence-electron chi connectivity index (χ2n) is 6.81. The highest BCUT2D eigenvalue weighted by Gasteiger charge is 2.46. The molecule has 152 valence electrons. The number of nitrogens with zero attached hydrogens (tertiary/aromatic N) is 2. The van der Waals surface area contributed by atoms with Gasteiger partial charge in [0.2, 0.25) is 0 Å². The molecule has 2 aromatic rings. The average Bonchev–Trinajstić information content (AvgIpc) is 3.06. The molecular weight excluding hydrogens is 416 g/mol. The zero-order chi connectivity index (χ0) is 20.6. The first kappa shape index (κ1) is 20.8. The van der Waals surface area contributed by atoms with Crippen molar-refractivity contribution in [3.8, 4) is 0 Å². The first-order valence-electron chi connectivity index (χ1n) is 8.78. The quantitative estimate of drug-likeness (QED) is 0.678. The number of nitrogens with one attached hydrogen (secondary N) is 2. The van der Waals surface area contributed by atoms with Crippen LogP contribution in [-0.4, -0.2) is 27.9 Å². The summed E-state index contributed by atoms with van der Waals surface area (Å²) in [6.45, 7) is 3.71. The number of fused-ring (bicyclic) bond motifs is 1. The first-order valence-corrected chi connectivity index (χ1v) is 9.54. The number of halogens is 5. The summed E-state index contributed by atoms with van der Waals surface area (Å²) in [7, 11) is 0. The van der Waals surface area contributed by atoms with Crippen LogP contribution in [0, 0.1) is 0 Å². The van der Waals surface area contributed by atoms with E-state index in [4.69, 9.17) is 23.2 Å². The van der Waals surface area contributed by atoms with Crippen molar-refractivity contribution in [3.05, 3.63) is 45.6 Å². The number of hydrogen-bond acceptors (Lipinski definition) is 3. The molecule has 0 radical (unpaired) electrons. The normalized spacial score (nSPS) is 20.2. The molecule has 0 saturated heterocycles. The number of benzene rings is 1. The van der Waals surface area contributed by atoms with Crippen molar-refractivity contribution in [1.82, 2.24) is 15.1 Å². The van der Waals surface area contributed by atoms with E-state index >= 15 is 0 Å². The molecule has 1 aliphatic rings. The Labute approximate surface area is 170 Å². The van der Waals surface area contributed by atoms with Crippen molar-refractivity contribution in [2.45, 2.75) is 51.0 Å². The molecule has 2 N–H and O–H groups in total. The highest BCUT2D eigenvalue weighted by atomic mass is 35.5. The molecule has 0 unspecified atom stereocenters. The molecule has 0 spiro atoms. The number of carbonyl (C=O) groups excluding carboxylic acids is 1. The fourth-order valence-electron chi connectivity index (χ4n) is 3.03. The largest absolute Gasteiger partial charge is 0.410 e. The summed E-state index contributed by atoms with van der Waals surface area (Å²) in [6, 6.07) is 3.41. The highest BCUT2D eigenvalue weighted by Crippen LogP contribution is 2.44. The Morgan fingerprint density at radius 1 is 1.36 bits per heavy atom. The van der Waals surface area contributed by atoms with Gasteiger partial charge in [-0.2, -0.15) is 18.3 Å². The summed E-state index contributed by atoms with van der Waals surface area (Å²) in [5, 5.41) is 10.2. The Morgan fingerprint density at radius 3 is 2.68 bits per heavy atom. The molecule has 1 amide bonds. The van der Waals surface area contributed by atoms with E-state index in [1.807, 2.05) is 13.8 Å². The van der Waals surface area contributed by atoms with Gasteiger partial charge in [-0.1, -0.05) is 36.2 Å². The van der Waals surface area contributed by atoms with Gasteiger partial charge < -0.3 is 10.6 Å². The van der Waals surface area contributed by atoms with Crippen molar-refractivity contribution >= 4 is 34.9 Å². The summed E-state index contributed by atoms with van der Waals surface area (Å²) in [4.78, 5) is 12.3. The van der Waals surface area contributed by atoms with E-state index in [2.05, 4.69) is 15.7 Å². The molecule has 0 aliphatic carbocycles. The van der Waals surface area contributed by atoms with Crippen molar-refractivity contribution in [2.75, 3.05) is 5.32 Å². The van der Waals surface area contributed by atoms with Crippen molar-refractivity contribution in [2.24, 2.45) is 0 Å². The average molecular weight is 435 g/mol. The number of hydrogen-bond donors (Lipinski definition) is 2. The monoisotopic (exact) mass is 434 g/mol. The zero-order valence-corrected chi connectivity index (χ0v) is 16.7. The van der Waals surface area contributed by atoms with Crippen LogP contribution in [0.5, 0.6) is 0 Å². The number of anilines is 1. The van der Waals surface area contributed by atoms with Gasteiger partial charge >= 0.3 is 6.18 Å². The Morgan fingerprint density at radius 2 is 2.07 bits per heavy atom. The molecule has 0 fully saturated rings. The molecule has 1 aromatic carbocycles. The number of aromatic nitrogens is 2. The molecule has 0 bridgehead atoms. The molecule has 2 heterocycles. The predicted molar refractivity (Wildman–Crippen MR) is 102 cm³/mol. The number of carbonyl (C=O) groups is 1. The molecule has 5 nitrogen and oxygen atoms in total. The first-order chi connectivity index (χ1) is 13.1. The number of rotatable bonds is 4. The lowest BCUT2D eigenvalue weighted by Crippen LogP contribution is -2.36. The van der Waals surface area contributed by atoms with Gasteiger partial charge in [-0.25, -0.2) is 4.68 Å². The third kappa shape index (κ3) is 4.22. The van der Waals surface area contributed by atoms with Crippen LogP contribution >= 0.6 is 23.2 Å². The second-order valence-corrected chi connectivity index (χ2v) is 7.62. The van der Waals surface area contributed by atoms with Gasteiger partial charge in [-0.05, 0) is 31.0 Å². The Bertz CT molecular complexity index is 884. The number of alkyl halides is 3. The summed E-state index contributed by atoms with van der Waals surface area (Å²) in [6.07, 6.45) is -4.12. The summed E-state index contributed by atoms with van der Waals surface area (Å²) in [5.74, 6) is -0.385. The van der Waals surface area contributed by atoms with Crippen LogP contribution in [0.3, 0.4) is 0 Å². The molecule has 1 aliphatic heterocycles. The van der Waals surface area contributed by atoms with Gasteiger partial charge in [0.15, 0.2) is 11.7 Å². The Kier molecular flexibility index (Phi) is 5.82. The smallest absolute Gasteiger partial charge is 0.363 e. The maximum Gasteiger partial charge on any atom is 0.410 e. The minimum Gasteiger partial charge on any atom is -0.363 e. The maximum atomic E-state index is 13.7. The number of amides is 1. The Hall–Kier alpha value is -1.93. The third-order valence-corrected chi connectivity index (χ3v) is 5.50. The van der Waals surface area contributed by atoms with Crippen LogP contribution in [-0.2, 0) is 0 Å². The van der Waals surface area contributed by atoms with E-state index in [-0.39, 0.29) is 29.0 Å². The molecule has 10 heteroatoms. The predicted octanol–water partition coefficient (Wildman–Crippen LogP) is 5.38. The SMILES string of the molecule is CC[C@H](C)NC(=O)c1cc2n(n1)[C@@H](C(F)(F)F)C[C@H](c1ccc(Cl)c(Cl)c1)N2. The minimum atomic E-state index is -4.53. The van der Waals surface area contributed by atoms with Gasteiger partial charge in [0.1, 0.15) is 5.82 Å². The highest BCUT2D eigenvalue weighted by molar-refractivity contribution is 6.42. The van der Waals surface area contributed by atoms with Crippen LogP contribution in [0.25, 0.3) is 0 Å². The molecular formula is C18H19Cl2F3N4O. The van der Waals surface area contributed by atoms with E-state index < -0.39 is 24.2 Å². The van der Waals surface area contributed by atoms with E-state index in [1.165, 1.54) is 12.1 Å². The summed E-state index contributed by atoms with van der Waals surface area (Å²) >= 11 is 11.9. The van der Waals surface area contributed by atoms with Crippen LogP contribution in [0.1, 0.15) is 54.8 Å². The minimum absolute atomic E-state index is 0.0631. The lowest BCUT2D eigenvalue weighted by Gasteiger charge is -2.33. The van der Waals surface area contributed by atoms with Gasteiger partial charge in [0.05, 0.1) is 16.1 Å². The molecule has 3 rings (SSSR count). The van der Waals surface area contributed by atoms with E-state index in [0.29, 0.717) is 17.0 Å². The van der Waals surface area contributed by atoms with Crippen LogP contribution in [0.4, 0.5) is 19.0 Å². The van der Waals surface area contributed by atoms with Crippen molar-refractivity contribution < 1.29 is 18.0 Å². The topological polar surface area (TPSA) is 59.0 Å². The van der Waals surface area contributed by atoms with E-state index in [1.54, 1.807) is 12.1 Å². The Balaban J connectivity index is 1.95. The van der Waals surface area contributed by atoms with Crippen LogP contribution < -0.4 is 10.6 Å². The molecule has 1 aromatic heterocycles. The van der Waals surface area contributed by atoms with Gasteiger partial charge in [0.25, 0.3) is 5.91 Å². The third-order valence-electron chi connectivity index (χ3n) is 4.76. The fraction of sp³-hybridized carbons (Fsp3) is 0.444. The molecule has 28 heavy (non-hydrogen) atoms. The second kappa shape index (κ2) is 7.83. The fourth-order valence-corrected chi connectivity index (χ4v) is 3.34. The van der Waals surface area contributed by atoms with Gasteiger partial charge in [0, 0.05) is 18.5 Å². The van der Waals surface area contributed by atoms with Gasteiger partial charge in [-0.15, -0.1) is 0 Å². The molecule has 0 saturated carbocycles. The lowest BCUT2D eigenvalue weighted by atomic mass is 9.97. The standard InChI is InChI=1S/C18H19Cl2F3N4O/c1-3-9(2)24-17(28)14-8-16-25-13(10-4-5-11(19)12(20)6-10)7-15(18(21,22)23)27(16)26-14/h4-6,8-9,13,15,25H,3,7H2,1-2H3,(H,24,28)/t9-,13+,15+/m0/s1. The maximum absolute atomic E-state index is 13.7. The summed E-state index contributed by atoms with van der Waals surface area (Å²) in [5.41, 5.74) is 0.508. The van der Waals surface area contributed by atoms with E-state index in [0.717, 1.165) is 4.68 Å². The lowest BCUT2D eigenvalue weighted by molar-refractivity contribution is -0.173. The van der Waals surface area contributed by atoms with Gasteiger partial charge in [-0.3, -0.25) is 4.79 Å². The van der Waals surface area contributed by atoms with Crippen molar-refractivity contribution in [1.29, 1.82) is 0 Å². The van der Waals surface area contributed by atoms with Crippen LogP contribution in [0.2, 0.25) is 10.0 Å². The van der Waals surface area contributed by atoms with Crippen molar-refractivity contribution in [3.63, 3.8) is 0 Å². The molecule has 3 atom stereocenters. The van der Waals surface area contributed by atoms with E-state index in [9.17, 15) is 18.0 Å². The summed E-state index contributed by atoms with van der Waals surface area (Å²) < 4.78 is 41.9. The zero-order valence-electron chi connectivity index (χ0n) is 15.1.